The van der Waals surface area contributed by atoms with Crippen LogP contribution in [0.15, 0.2) is 36.5 Å². The second-order valence-electron chi connectivity index (χ2n) is 4.17. The van der Waals surface area contributed by atoms with Crippen molar-refractivity contribution in [1.82, 2.24) is 4.98 Å². The smallest absolute Gasteiger partial charge is 0.225 e. The van der Waals surface area contributed by atoms with E-state index in [1.807, 2.05) is 13.0 Å². The van der Waals surface area contributed by atoms with Gasteiger partial charge in [-0.25, -0.2) is 9.37 Å². The van der Waals surface area contributed by atoms with Crippen molar-refractivity contribution < 1.29 is 19.0 Å². The molecular formula is C15H16FNO3. The molecule has 1 aromatic carbocycles. The van der Waals surface area contributed by atoms with Gasteiger partial charge in [0.2, 0.25) is 5.88 Å². The Labute approximate surface area is 116 Å². The van der Waals surface area contributed by atoms with Crippen LogP contribution in [-0.4, -0.2) is 16.7 Å². The van der Waals surface area contributed by atoms with Crippen LogP contribution in [0.5, 0.6) is 17.4 Å². The maximum atomic E-state index is 13.1. The zero-order valence-corrected chi connectivity index (χ0v) is 11.2. The van der Waals surface area contributed by atoms with Gasteiger partial charge in [-0.1, -0.05) is 19.1 Å². The summed E-state index contributed by atoms with van der Waals surface area (Å²) in [6.07, 6.45) is 1.93. The monoisotopic (exact) mass is 277 g/mol. The van der Waals surface area contributed by atoms with E-state index >= 15 is 0 Å². The van der Waals surface area contributed by atoms with Crippen molar-refractivity contribution in [2.24, 2.45) is 0 Å². The highest BCUT2D eigenvalue weighted by Gasteiger charge is 2.11. The van der Waals surface area contributed by atoms with Crippen molar-refractivity contribution in [3.8, 4) is 17.4 Å². The van der Waals surface area contributed by atoms with Gasteiger partial charge in [-0.2, -0.15) is 0 Å². The minimum atomic E-state index is -0.517. The predicted octanol–water partition coefficient (Wildman–Crippen LogP) is 3.29. The van der Waals surface area contributed by atoms with E-state index in [4.69, 9.17) is 9.47 Å². The quantitative estimate of drug-likeness (QED) is 0.880. The highest BCUT2D eigenvalue weighted by molar-refractivity contribution is 5.42. The summed E-state index contributed by atoms with van der Waals surface area (Å²) in [5, 5.41) is 9.21. The molecule has 0 aliphatic carbocycles. The lowest BCUT2D eigenvalue weighted by atomic mass is 10.2. The first-order valence-corrected chi connectivity index (χ1v) is 6.39. The second kappa shape index (κ2) is 6.86. The second-order valence-corrected chi connectivity index (χ2v) is 4.17. The van der Waals surface area contributed by atoms with Gasteiger partial charge in [0.1, 0.15) is 5.82 Å². The Morgan fingerprint density at radius 1 is 1.25 bits per heavy atom. The van der Waals surface area contributed by atoms with Crippen LogP contribution in [-0.2, 0) is 6.61 Å². The highest BCUT2D eigenvalue weighted by atomic mass is 19.1. The van der Waals surface area contributed by atoms with Crippen LogP contribution in [0.2, 0.25) is 0 Å². The first-order chi connectivity index (χ1) is 9.74. The molecule has 1 heterocycles. The molecule has 1 aromatic heterocycles. The Kier molecular flexibility index (Phi) is 4.90. The van der Waals surface area contributed by atoms with Gasteiger partial charge in [-0.3, -0.25) is 0 Å². The Balaban J connectivity index is 2.25. The van der Waals surface area contributed by atoms with Crippen LogP contribution in [0, 0.1) is 5.82 Å². The van der Waals surface area contributed by atoms with Gasteiger partial charge in [0.25, 0.3) is 0 Å². The topological polar surface area (TPSA) is 51.6 Å². The molecule has 0 atom stereocenters. The van der Waals surface area contributed by atoms with Gasteiger partial charge >= 0.3 is 0 Å². The first kappa shape index (κ1) is 14.3. The van der Waals surface area contributed by atoms with Crippen molar-refractivity contribution in [3.05, 3.63) is 47.9 Å². The van der Waals surface area contributed by atoms with Crippen LogP contribution >= 0.6 is 0 Å². The molecule has 0 amide bonds. The van der Waals surface area contributed by atoms with E-state index in [9.17, 15) is 9.50 Å². The van der Waals surface area contributed by atoms with E-state index in [-0.39, 0.29) is 18.1 Å². The number of pyridine rings is 1. The Bertz CT molecular complexity index is 575. The summed E-state index contributed by atoms with van der Waals surface area (Å²) in [7, 11) is 0. The largest absolute Gasteiger partial charge is 0.490 e. The summed E-state index contributed by atoms with van der Waals surface area (Å²) in [5.74, 6) is 0.720. The molecule has 5 heteroatoms. The minimum absolute atomic E-state index is 0.168. The van der Waals surface area contributed by atoms with Crippen LogP contribution < -0.4 is 9.47 Å². The zero-order chi connectivity index (χ0) is 14.4. The third-order valence-electron chi connectivity index (χ3n) is 2.58. The lowest BCUT2D eigenvalue weighted by Gasteiger charge is -2.12. The number of aliphatic hydroxyl groups excluding tert-OH is 1. The Hall–Kier alpha value is -2.14. The maximum Gasteiger partial charge on any atom is 0.225 e. The number of hydrogen-bond donors (Lipinski definition) is 1. The summed E-state index contributed by atoms with van der Waals surface area (Å²) in [5.41, 5.74) is 0.287. The number of benzene rings is 1. The minimum Gasteiger partial charge on any atom is -0.490 e. The number of rotatable bonds is 6. The normalized spacial score (nSPS) is 10.3. The molecule has 0 spiro atoms. The summed E-state index contributed by atoms with van der Waals surface area (Å²) in [6, 6.07) is 8.35. The molecule has 0 saturated heterocycles. The molecule has 106 valence electrons. The van der Waals surface area contributed by atoms with E-state index in [2.05, 4.69) is 4.98 Å². The molecule has 2 aromatic rings. The van der Waals surface area contributed by atoms with Crippen molar-refractivity contribution in [3.63, 3.8) is 0 Å². The van der Waals surface area contributed by atoms with Crippen molar-refractivity contribution in [2.45, 2.75) is 20.0 Å². The van der Waals surface area contributed by atoms with Crippen LogP contribution in [0.4, 0.5) is 4.39 Å². The molecule has 0 aliphatic heterocycles. The lowest BCUT2D eigenvalue weighted by Crippen LogP contribution is -2.00. The Morgan fingerprint density at radius 2 is 2.00 bits per heavy atom. The lowest BCUT2D eigenvalue weighted by molar-refractivity contribution is 0.270. The van der Waals surface area contributed by atoms with Gasteiger partial charge in [-0.05, 0) is 24.6 Å². The average molecular weight is 277 g/mol. The van der Waals surface area contributed by atoms with Crippen LogP contribution in [0.25, 0.3) is 0 Å². The van der Waals surface area contributed by atoms with Crippen LogP contribution in [0.1, 0.15) is 18.9 Å². The van der Waals surface area contributed by atoms with Crippen LogP contribution in [0.3, 0.4) is 0 Å². The van der Waals surface area contributed by atoms with E-state index in [0.717, 1.165) is 12.6 Å². The van der Waals surface area contributed by atoms with Gasteiger partial charge in [0, 0.05) is 5.56 Å². The molecular weight excluding hydrogens is 261 g/mol. The number of aromatic nitrogens is 1. The fourth-order valence-electron chi connectivity index (χ4n) is 1.64. The predicted molar refractivity (Wildman–Crippen MR) is 72.4 cm³/mol. The summed E-state index contributed by atoms with van der Waals surface area (Å²) in [6.45, 7) is 2.23. The highest BCUT2D eigenvalue weighted by Crippen LogP contribution is 2.32. The molecule has 4 nitrogen and oxygen atoms in total. The number of nitrogens with zero attached hydrogens (tertiary/aromatic N) is 1. The van der Waals surface area contributed by atoms with E-state index in [1.165, 1.54) is 6.07 Å². The molecule has 0 fully saturated rings. The van der Waals surface area contributed by atoms with Gasteiger partial charge in [-0.15, -0.1) is 0 Å². The summed E-state index contributed by atoms with van der Waals surface area (Å²) < 4.78 is 24.3. The van der Waals surface area contributed by atoms with Crippen molar-refractivity contribution in [2.75, 3.05) is 6.61 Å². The first-order valence-electron chi connectivity index (χ1n) is 6.39. The molecule has 0 radical (unpaired) electrons. The fourth-order valence-corrected chi connectivity index (χ4v) is 1.64. The third-order valence-corrected chi connectivity index (χ3v) is 2.58. The fraction of sp³-hybridized carbons (Fsp3) is 0.267. The summed E-state index contributed by atoms with van der Waals surface area (Å²) in [4.78, 5) is 3.85. The molecule has 0 bridgehead atoms. The standard InChI is InChI=1S/C15H16FNO3/c1-2-7-19-13-5-3-4-6-14(13)20-15-11(10-18)8-12(16)9-17-15/h3-6,8-9,18H,2,7,10H2,1H3. The van der Waals surface area contributed by atoms with E-state index < -0.39 is 5.82 Å². The van der Waals surface area contributed by atoms with Gasteiger partial charge < -0.3 is 14.6 Å². The van der Waals surface area contributed by atoms with Crippen molar-refractivity contribution >= 4 is 0 Å². The SMILES string of the molecule is CCCOc1ccccc1Oc1ncc(F)cc1CO. The average Bonchev–Trinajstić information content (AvgIpc) is 2.48. The molecule has 20 heavy (non-hydrogen) atoms. The number of aliphatic hydroxyl groups is 1. The van der Waals surface area contributed by atoms with E-state index in [1.54, 1.807) is 18.2 Å². The zero-order valence-electron chi connectivity index (χ0n) is 11.2. The molecule has 1 N–H and O–H groups in total. The van der Waals surface area contributed by atoms with E-state index in [0.29, 0.717) is 18.1 Å². The van der Waals surface area contributed by atoms with Gasteiger partial charge in [0.15, 0.2) is 11.5 Å². The van der Waals surface area contributed by atoms with Gasteiger partial charge in [0.05, 0.1) is 19.4 Å². The maximum absolute atomic E-state index is 13.1. The molecule has 0 aliphatic rings. The molecule has 2 rings (SSSR count). The third kappa shape index (κ3) is 3.45. The molecule has 0 saturated carbocycles. The number of para-hydroxylation sites is 2. The summed E-state index contributed by atoms with van der Waals surface area (Å²) >= 11 is 0. The number of hydrogen-bond acceptors (Lipinski definition) is 4. The number of halogens is 1. The van der Waals surface area contributed by atoms with Crippen molar-refractivity contribution in [1.29, 1.82) is 0 Å². The molecule has 0 unspecified atom stereocenters. The Morgan fingerprint density at radius 3 is 2.70 bits per heavy atom. The number of ether oxygens (including phenoxy) is 2.